The van der Waals surface area contributed by atoms with Gasteiger partial charge in [-0.3, -0.25) is 4.79 Å². The topological polar surface area (TPSA) is 39.4 Å². The van der Waals surface area contributed by atoms with Crippen LogP contribution >= 0.6 is 0 Å². The summed E-state index contributed by atoms with van der Waals surface area (Å²) in [6, 6.07) is 3.40. The van der Waals surface area contributed by atoms with E-state index in [2.05, 4.69) is 4.74 Å². The molecule has 0 aliphatic heterocycles. The largest absolute Gasteiger partial charge is 0.458 e. The van der Waals surface area contributed by atoms with Crippen molar-refractivity contribution in [2.45, 2.75) is 6.92 Å². The first-order valence-corrected chi connectivity index (χ1v) is 3.32. The fourth-order valence-electron chi connectivity index (χ4n) is 0.787. The van der Waals surface area contributed by atoms with Crippen LogP contribution in [0.3, 0.4) is 0 Å². The molecule has 0 aliphatic rings. The fourth-order valence-corrected chi connectivity index (χ4v) is 0.787. The summed E-state index contributed by atoms with van der Waals surface area (Å²) >= 11 is 0. The molecule has 0 fully saturated rings. The molecular weight excluding hydrogens is 144 g/mol. The highest BCUT2D eigenvalue weighted by Gasteiger charge is 2.08. The Bertz CT molecular complexity index is 250. The number of hydrogen-bond donors (Lipinski definition) is 0. The molecule has 1 aromatic rings. The molecule has 0 spiro atoms. The Hall–Kier alpha value is -1.09. The normalized spacial score (nSPS) is 10.0. The van der Waals surface area contributed by atoms with Gasteiger partial charge in [-0.1, -0.05) is 0 Å². The molecule has 0 bridgehead atoms. The smallest absolute Gasteiger partial charge is 0.223 e. The second-order valence-corrected chi connectivity index (χ2v) is 2.27. The van der Waals surface area contributed by atoms with E-state index in [1.807, 2.05) is 0 Å². The Kier molecular flexibility index (Phi) is 2.44. The first-order chi connectivity index (χ1) is 5.24. The molecule has 11 heavy (non-hydrogen) atoms. The van der Waals surface area contributed by atoms with E-state index in [1.54, 1.807) is 19.1 Å². The molecule has 0 amide bonds. The Morgan fingerprint density at radius 1 is 1.64 bits per heavy atom. The second kappa shape index (κ2) is 3.34. The Labute approximate surface area is 65.0 Å². The van der Waals surface area contributed by atoms with E-state index in [0.29, 0.717) is 5.76 Å². The lowest BCUT2D eigenvalue weighted by molar-refractivity contribution is 0.0818. The molecule has 0 unspecified atom stereocenters. The average Bonchev–Trinajstić information content (AvgIpc) is 2.36. The maximum Gasteiger partial charge on any atom is 0.223 e. The zero-order valence-electron chi connectivity index (χ0n) is 6.59. The van der Waals surface area contributed by atoms with Crippen molar-refractivity contribution in [3.8, 4) is 0 Å². The van der Waals surface area contributed by atoms with Gasteiger partial charge in [0, 0.05) is 7.11 Å². The van der Waals surface area contributed by atoms with Crippen molar-refractivity contribution >= 4 is 5.78 Å². The summed E-state index contributed by atoms with van der Waals surface area (Å²) in [5, 5.41) is 0. The summed E-state index contributed by atoms with van der Waals surface area (Å²) in [5.41, 5.74) is 0. The lowest BCUT2D eigenvalue weighted by Gasteiger charge is -1.92. The molecule has 1 heterocycles. The minimum absolute atomic E-state index is 0.0763. The van der Waals surface area contributed by atoms with Gasteiger partial charge in [-0.25, -0.2) is 0 Å². The third kappa shape index (κ3) is 1.91. The summed E-state index contributed by atoms with van der Waals surface area (Å²) in [6.45, 7) is 1.87. The maximum atomic E-state index is 11.0. The van der Waals surface area contributed by atoms with Gasteiger partial charge in [0.1, 0.15) is 12.4 Å². The zero-order chi connectivity index (χ0) is 8.27. The predicted octanol–water partition coefficient (Wildman–Crippen LogP) is 1.42. The van der Waals surface area contributed by atoms with Gasteiger partial charge in [-0.15, -0.1) is 0 Å². The van der Waals surface area contributed by atoms with Gasteiger partial charge in [-0.05, 0) is 19.1 Å². The van der Waals surface area contributed by atoms with Gasteiger partial charge in [0.25, 0.3) is 0 Å². The average molecular weight is 154 g/mol. The molecule has 0 atom stereocenters. The molecule has 0 N–H and O–H groups in total. The van der Waals surface area contributed by atoms with Crippen LogP contribution in [0.15, 0.2) is 16.5 Å². The molecule has 0 aromatic carbocycles. The monoisotopic (exact) mass is 154 g/mol. The maximum absolute atomic E-state index is 11.0. The van der Waals surface area contributed by atoms with Crippen molar-refractivity contribution in [3.05, 3.63) is 23.7 Å². The minimum Gasteiger partial charge on any atom is -0.458 e. The molecule has 3 nitrogen and oxygen atoms in total. The molecule has 3 heteroatoms. The summed E-state index contributed by atoms with van der Waals surface area (Å²) in [5.74, 6) is 0.981. The van der Waals surface area contributed by atoms with Crippen molar-refractivity contribution < 1.29 is 13.9 Å². The molecule has 1 rings (SSSR count). The first kappa shape index (κ1) is 8.01. The van der Waals surface area contributed by atoms with Crippen molar-refractivity contribution in [1.29, 1.82) is 0 Å². The molecular formula is C8H10O3. The number of methoxy groups -OCH3 is 1. The first-order valence-electron chi connectivity index (χ1n) is 3.32. The van der Waals surface area contributed by atoms with E-state index in [9.17, 15) is 4.79 Å². The van der Waals surface area contributed by atoms with Crippen LogP contribution in [-0.2, 0) is 4.74 Å². The molecule has 0 saturated carbocycles. The molecule has 0 saturated heterocycles. The van der Waals surface area contributed by atoms with Crippen LogP contribution in [0.25, 0.3) is 0 Å². The van der Waals surface area contributed by atoms with Crippen LogP contribution < -0.4 is 0 Å². The van der Waals surface area contributed by atoms with E-state index in [1.165, 1.54) is 7.11 Å². The predicted molar refractivity (Wildman–Crippen MR) is 39.7 cm³/mol. The van der Waals surface area contributed by atoms with Gasteiger partial charge in [-0.2, -0.15) is 0 Å². The van der Waals surface area contributed by atoms with Crippen LogP contribution in [0.5, 0.6) is 0 Å². The Morgan fingerprint density at radius 2 is 2.36 bits per heavy atom. The quantitative estimate of drug-likeness (QED) is 0.618. The lowest BCUT2D eigenvalue weighted by atomic mass is 10.3. The van der Waals surface area contributed by atoms with Crippen LogP contribution in [-0.4, -0.2) is 19.5 Å². The summed E-state index contributed by atoms with van der Waals surface area (Å²) in [4.78, 5) is 11.0. The summed E-state index contributed by atoms with van der Waals surface area (Å²) < 4.78 is 9.73. The van der Waals surface area contributed by atoms with Gasteiger partial charge in [0.05, 0.1) is 0 Å². The number of ether oxygens (including phenoxy) is 1. The van der Waals surface area contributed by atoms with Crippen molar-refractivity contribution in [1.82, 2.24) is 0 Å². The summed E-state index contributed by atoms with van der Waals surface area (Å²) in [6.07, 6.45) is 0. The number of furan rings is 1. The molecule has 1 aromatic heterocycles. The Balaban J connectivity index is 2.69. The third-order valence-corrected chi connectivity index (χ3v) is 1.29. The number of ketones is 1. The van der Waals surface area contributed by atoms with E-state index in [4.69, 9.17) is 4.42 Å². The standard InChI is InChI=1S/C8H10O3/c1-6-3-4-8(11-6)7(9)5-10-2/h3-4H,5H2,1-2H3. The number of carbonyl (C=O) groups is 1. The number of rotatable bonds is 3. The zero-order valence-corrected chi connectivity index (χ0v) is 6.59. The number of Topliss-reactive ketones (excluding diaryl/α,β-unsaturated/α-hetero) is 1. The second-order valence-electron chi connectivity index (χ2n) is 2.27. The van der Waals surface area contributed by atoms with E-state index < -0.39 is 0 Å². The van der Waals surface area contributed by atoms with Crippen molar-refractivity contribution in [3.63, 3.8) is 0 Å². The fraction of sp³-hybridized carbons (Fsp3) is 0.375. The Morgan fingerprint density at radius 3 is 2.82 bits per heavy atom. The van der Waals surface area contributed by atoms with Crippen molar-refractivity contribution in [2.75, 3.05) is 13.7 Å². The minimum atomic E-state index is -0.124. The van der Waals surface area contributed by atoms with Crippen LogP contribution in [0.1, 0.15) is 16.3 Å². The third-order valence-electron chi connectivity index (χ3n) is 1.29. The van der Waals surface area contributed by atoms with E-state index >= 15 is 0 Å². The van der Waals surface area contributed by atoms with Crippen LogP contribution in [0.4, 0.5) is 0 Å². The number of carbonyl (C=O) groups excluding carboxylic acids is 1. The SMILES string of the molecule is COCC(=O)c1ccc(C)o1. The van der Waals surface area contributed by atoms with Gasteiger partial charge < -0.3 is 9.15 Å². The number of hydrogen-bond acceptors (Lipinski definition) is 3. The van der Waals surface area contributed by atoms with Gasteiger partial charge in [0.15, 0.2) is 5.76 Å². The summed E-state index contributed by atoms with van der Waals surface area (Å²) in [7, 11) is 1.48. The molecule has 0 aliphatic carbocycles. The van der Waals surface area contributed by atoms with E-state index in [-0.39, 0.29) is 12.4 Å². The lowest BCUT2D eigenvalue weighted by Crippen LogP contribution is -2.05. The molecule has 60 valence electrons. The van der Waals surface area contributed by atoms with Gasteiger partial charge >= 0.3 is 0 Å². The van der Waals surface area contributed by atoms with Gasteiger partial charge in [0.2, 0.25) is 5.78 Å². The highest BCUT2D eigenvalue weighted by molar-refractivity contribution is 5.94. The highest BCUT2D eigenvalue weighted by atomic mass is 16.5. The van der Waals surface area contributed by atoms with E-state index in [0.717, 1.165) is 5.76 Å². The van der Waals surface area contributed by atoms with Crippen LogP contribution in [0.2, 0.25) is 0 Å². The highest BCUT2D eigenvalue weighted by Crippen LogP contribution is 2.06. The molecule has 0 radical (unpaired) electrons. The number of aryl methyl sites for hydroxylation is 1. The van der Waals surface area contributed by atoms with Crippen LogP contribution in [0, 0.1) is 6.92 Å². The van der Waals surface area contributed by atoms with Crippen molar-refractivity contribution in [2.24, 2.45) is 0 Å².